The van der Waals surface area contributed by atoms with Crippen LogP contribution >= 0.6 is 0 Å². The van der Waals surface area contributed by atoms with Crippen molar-refractivity contribution in [1.82, 2.24) is 0 Å². The van der Waals surface area contributed by atoms with E-state index in [1.807, 2.05) is 0 Å². The van der Waals surface area contributed by atoms with Crippen LogP contribution < -0.4 is 24.8 Å². The fourth-order valence-electron chi connectivity index (χ4n) is 3.08. The molecule has 2 rings (SSSR count). The first-order chi connectivity index (χ1) is 10.5. The van der Waals surface area contributed by atoms with Crippen molar-refractivity contribution < 1.29 is 54.7 Å². The maximum Gasteiger partial charge on any atom is -1.00 e. The molecule has 0 saturated carbocycles. The minimum atomic E-state index is -0.710. The Morgan fingerprint density at radius 2 is 1.64 bits per heavy atom. The Hall–Kier alpha value is 0.0143. The van der Waals surface area contributed by atoms with Gasteiger partial charge in [0.05, 0.1) is 0 Å². The van der Waals surface area contributed by atoms with Gasteiger partial charge < -0.3 is 24.8 Å². The molecule has 0 amide bonds. The first kappa shape index (κ1) is 25.0. The van der Waals surface area contributed by atoms with Crippen molar-refractivity contribution in [3.8, 4) is 0 Å². The maximum absolute atomic E-state index is 6.46. The van der Waals surface area contributed by atoms with Crippen LogP contribution in [0.4, 0.5) is 0 Å². The second kappa shape index (κ2) is 8.80. The molecule has 2 aliphatic rings. The average Bonchev–Trinajstić information content (AvgIpc) is 2.82. The van der Waals surface area contributed by atoms with Gasteiger partial charge in [-0.1, -0.05) is 0 Å². The Kier molecular flexibility index (Phi) is 8.81. The van der Waals surface area contributed by atoms with Gasteiger partial charge in [0.15, 0.2) is 0 Å². The third-order valence-corrected chi connectivity index (χ3v) is 5.17. The molecule has 0 spiro atoms. The molecule has 2 nitrogen and oxygen atoms in total. The van der Waals surface area contributed by atoms with Gasteiger partial charge in [0.2, 0.25) is 0 Å². The van der Waals surface area contributed by atoms with E-state index in [9.17, 15) is 0 Å². The van der Waals surface area contributed by atoms with Gasteiger partial charge in [-0.15, -0.1) is 0 Å². The molecule has 1 unspecified atom stereocenters. The number of hydrogen-bond acceptors (Lipinski definition) is 2. The second-order valence-corrected chi connectivity index (χ2v) is 9.37. The van der Waals surface area contributed by atoms with Crippen molar-refractivity contribution in [3.63, 3.8) is 0 Å². The number of hydrogen-bond donors (Lipinski definition) is 0. The van der Waals surface area contributed by atoms with E-state index in [1.165, 1.54) is 15.0 Å². The van der Waals surface area contributed by atoms with Crippen LogP contribution in [0.15, 0.2) is 45.1 Å². The molecule has 0 bridgehead atoms. The molecule has 25 heavy (non-hydrogen) atoms. The summed E-state index contributed by atoms with van der Waals surface area (Å²) in [5.41, 5.74) is 2.66. The standard InChI is InChI=1S/C20H29O2.2ClH.Ti/c1-18(2,3)15-12-13-20(21-7,17(14-15)19(4,5)6)22-16-10-8-9-11-16;;;/h8,10,12,14H,9,13H2,1-7H3;2*1H;/q;;;+2/p-2. The quantitative estimate of drug-likeness (QED) is 0.450. The molecular formula is C20H29Cl2O2Ti. The minimum absolute atomic E-state index is 0. The predicted molar refractivity (Wildman–Crippen MR) is 91.3 cm³/mol. The summed E-state index contributed by atoms with van der Waals surface area (Å²) in [5.74, 6) is 0.243. The van der Waals surface area contributed by atoms with Crippen molar-refractivity contribution in [2.45, 2.75) is 60.2 Å². The SMILES string of the molecule is COC1(OC2=[C]([Ti+2])CC=C2)CC=C(C(C)(C)C)C=C1C(C)(C)C.[Cl-].[Cl-]. The van der Waals surface area contributed by atoms with Crippen LogP contribution in [0.3, 0.4) is 0 Å². The Morgan fingerprint density at radius 3 is 2.04 bits per heavy atom. The largest absolute Gasteiger partial charge is 1.00 e. The molecule has 5 heteroatoms. The van der Waals surface area contributed by atoms with Crippen molar-refractivity contribution in [3.05, 3.63) is 45.1 Å². The fraction of sp³-hybridized carbons (Fsp3) is 0.600. The van der Waals surface area contributed by atoms with Gasteiger partial charge in [0.25, 0.3) is 0 Å². The van der Waals surface area contributed by atoms with E-state index in [2.05, 4.69) is 86.3 Å². The van der Waals surface area contributed by atoms with Crippen LogP contribution in [0.25, 0.3) is 0 Å². The number of methoxy groups -OCH3 is 1. The first-order valence-electron chi connectivity index (χ1n) is 8.28. The molecule has 0 aliphatic heterocycles. The zero-order valence-corrected chi connectivity index (χ0v) is 19.4. The van der Waals surface area contributed by atoms with Crippen molar-refractivity contribution in [2.75, 3.05) is 7.11 Å². The van der Waals surface area contributed by atoms with Gasteiger partial charge in [0.1, 0.15) is 0 Å². The molecule has 0 heterocycles. The van der Waals surface area contributed by atoms with Gasteiger partial charge >= 0.3 is 153 Å². The van der Waals surface area contributed by atoms with Gasteiger partial charge in [-0.2, -0.15) is 0 Å². The molecule has 0 saturated heterocycles. The molecule has 0 N–H and O–H groups in total. The van der Waals surface area contributed by atoms with E-state index in [0.717, 1.165) is 18.6 Å². The van der Waals surface area contributed by atoms with Gasteiger partial charge in [0, 0.05) is 0 Å². The summed E-state index contributed by atoms with van der Waals surface area (Å²) in [6.07, 6.45) is 10.5. The van der Waals surface area contributed by atoms with Crippen LogP contribution in [0.1, 0.15) is 54.4 Å². The summed E-state index contributed by atoms with van der Waals surface area (Å²) in [4.78, 5) is 0. The Bertz CT molecular complexity index is 604. The van der Waals surface area contributed by atoms with Crippen molar-refractivity contribution in [2.24, 2.45) is 10.8 Å². The Morgan fingerprint density at radius 1 is 1.04 bits per heavy atom. The molecule has 139 valence electrons. The zero-order chi connectivity index (χ0) is 17.5. The van der Waals surface area contributed by atoms with Crippen molar-refractivity contribution >= 4 is 0 Å². The Balaban J connectivity index is 0.00000288. The molecule has 2 aliphatic carbocycles. The average molecular weight is 420 g/mol. The third kappa shape index (κ3) is 5.50. The van der Waals surface area contributed by atoms with E-state index in [4.69, 9.17) is 9.47 Å². The van der Waals surface area contributed by atoms with Crippen molar-refractivity contribution in [1.29, 1.82) is 0 Å². The number of halogens is 2. The van der Waals surface area contributed by atoms with Crippen LogP contribution in [-0.2, 0) is 29.9 Å². The maximum atomic E-state index is 6.46. The molecule has 1 atom stereocenters. The molecule has 0 aromatic carbocycles. The van der Waals surface area contributed by atoms with Gasteiger partial charge in [-0.05, 0) is 0 Å². The Labute approximate surface area is 177 Å². The van der Waals surface area contributed by atoms with E-state index < -0.39 is 5.79 Å². The van der Waals surface area contributed by atoms with Crippen LogP contribution in [0, 0.1) is 10.8 Å². The van der Waals surface area contributed by atoms with E-state index >= 15 is 0 Å². The van der Waals surface area contributed by atoms with E-state index in [1.54, 1.807) is 7.11 Å². The molecule has 0 aromatic heterocycles. The number of ether oxygens (including phenoxy) is 2. The number of rotatable bonds is 3. The monoisotopic (exact) mass is 419 g/mol. The van der Waals surface area contributed by atoms with Crippen LogP contribution in [0.5, 0.6) is 0 Å². The van der Waals surface area contributed by atoms with Gasteiger partial charge in [-0.25, -0.2) is 0 Å². The summed E-state index contributed by atoms with van der Waals surface area (Å²) >= 11 is 2.12. The van der Waals surface area contributed by atoms with E-state index in [-0.39, 0.29) is 35.6 Å². The van der Waals surface area contributed by atoms with Gasteiger partial charge in [-0.3, -0.25) is 0 Å². The van der Waals surface area contributed by atoms with Crippen LogP contribution in [-0.4, -0.2) is 12.9 Å². The molecule has 0 radical (unpaired) electrons. The molecule has 0 fully saturated rings. The van der Waals surface area contributed by atoms with E-state index in [0.29, 0.717) is 0 Å². The minimum Gasteiger partial charge on any atom is -1.00 e. The smallest absolute Gasteiger partial charge is 1.00 e. The third-order valence-electron chi connectivity index (χ3n) is 4.47. The van der Waals surface area contributed by atoms with Crippen LogP contribution in [0.2, 0.25) is 0 Å². The summed E-state index contributed by atoms with van der Waals surface area (Å²) in [6.45, 7) is 13.4. The normalized spacial score (nSPS) is 23.6. The summed E-state index contributed by atoms with van der Waals surface area (Å²) in [5, 5.41) is 0. The molecular weight excluding hydrogens is 391 g/mol. The molecule has 0 aromatic rings. The first-order valence-corrected chi connectivity index (χ1v) is 9.06. The summed E-state index contributed by atoms with van der Waals surface area (Å²) in [6, 6.07) is 0. The summed E-state index contributed by atoms with van der Waals surface area (Å²) < 4.78 is 13.7. The summed E-state index contributed by atoms with van der Waals surface area (Å²) in [7, 11) is 1.75. The predicted octanol–water partition coefficient (Wildman–Crippen LogP) is -0.579. The fourth-order valence-corrected chi connectivity index (χ4v) is 3.47. The number of allylic oxidation sites excluding steroid dienone is 5. The second-order valence-electron chi connectivity index (χ2n) is 8.43. The topological polar surface area (TPSA) is 18.5 Å². The zero-order valence-electron chi connectivity index (χ0n) is 16.3.